The maximum Gasteiger partial charge on any atom is 0.310 e. The van der Waals surface area contributed by atoms with E-state index < -0.39 is 5.97 Å². The number of halogens is 1. The quantitative estimate of drug-likeness (QED) is 0.869. The number of hydrogen-bond donors (Lipinski definition) is 2. The summed E-state index contributed by atoms with van der Waals surface area (Å²) in [6, 6.07) is 8.02. The van der Waals surface area contributed by atoms with E-state index in [0.717, 1.165) is 18.7 Å². The highest BCUT2D eigenvalue weighted by Crippen LogP contribution is 2.25. The van der Waals surface area contributed by atoms with E-state index in [9.17, 15) is 4.79 Å². The fourth-order valence-corrected chi connectivity index (χ4v) is 2.11. The monoisotopic (exact) mass is 255 g/mol. The van der Waals surface area contributed by atoms with Crippen LogP contribution in [0.3, 0.4) is 0 Å². The molecule has 0 radical (unpaired) electrons. The summed E-state index contributed by atoms with van der Waals surface area (Å²) in [4.78, 5) is 11.1. The molecule has 0 saturated carbocycles. The van der Waals surface area contributed by atoms with Crippen LogP contribution in [0.15, 0.2) is 24.3 Å². The Kier molecular flexibility index (Phi) is 4.97. The first-order valence-electron chi connectivity index (χ1n) is 5.75. The molecule has 0 amide bonds. The second kappa shape index (κ2) is 6.03. The molecule has 0 spiro atoms. The topological polar surface area (TPSA) is 49.3 Å². The molecular formula is C13H18ClNO2. The van der Waals surface area contributed by atoms with Gasteiger partial charge in [-0.2, -0.15) is 0 Å². The molecule has 1 unspecified atom stereocenters. The van der Waals surface area contributed by atoms with Crippen LogP contribution in [0.25, 0.3) is 0 Å². The Morgan fingerprint density at radius 3 is 2.71 bits per heavy atom. The molecule has 1 fully saturated rings. The number of carboxylic acids is 1. The zero-order valence-corrected chi connectivity index (χ0v) is 10.7. The van der Waals surface area contributed by atoms with Crippen LogP contribution in [0, 0.1) is 0 Å². The molecule has 2 N–H and O–H groups in total. The first-order valence-corrected chi connectivity index (χ1v) is 5.75. The second-order valence-electron chi connectivity index (χ2n) is 4.32. The van der Waals surface area contributed by atoms with Crippen molar-refractivity contribution in [3.63, 3.8) is 0 Å². The van der Waals surface area contributed by atoms with E-state index in [1.54, 1.807) is 0 Å². The number of rotatable bonds is 4. The van der Waals surface area contributed by atoms with Crippen LogP contribution in [0.1, 0.15) is 36.3 Å². The van der Waals surface area contributed by atoms with Gasteiger partial charge in [0.25, 0.3) is 0 Å². The van der Waals surface area contributed by atoms with Crippen LogP contribution < -0.4 is 5.32 Å². The summed E-state index contributed by atoms with van der Waals surface area (Å²) in [5.74, 6) is -0.536. The van der Waals surface area contributed by atoms with Gasteiger partial charge in [0, 0.05) is 19.0 Å². The highest BCUT2D eigenvalue weighted by Gasteiger charge is 2.22. The molecule has 1 heterocycles. The lowest BCUT2D eigenvalue weighted by Crippen LogP contribution is -2.39. The maximum atomic E-state index is 11.1. The number of nitrogens with one attached hydrogen (secondary N) is 1. The van der Waals surface area contributed by atoms with Gasteiger partial charge in [0.1, 0.15) is 0 Å². The van der Waals surface area contributed by atoms with Crippen molar-refractivity contribution < 1.29 is 9.90 Å². The van der Waals surface area contributed by atoms with Crippen molar-refractivity contribution in [3.05, 3.63) is 35.4 Å². The van der Waals surface area contributed by atoms with Gasteiger partial charge in [-0.15, -0.1) is 12.4 Å². The van der Waals surface area contributed by atoms with Gasteiger partial charge in [-0.05, 0) is 17.5 Å². The minimum Gasteiger partial charge on any atom is -0.481 e. The number of carbonyl (C=O) groups is 1. The summed E-state index contributed by atoms with van der Waals surface area (Å²) < 4.78 is 0. The second-order valence-corrected chi connectivity index (χ2v) is 4.32. The van der Waals surface area contributed by atoms with Gasteiger partial charge < -0.3 is 10.4 Å². The van der Waals surface area contributed by atoms with Gasteiger partial charge in [0.15, 0.2) is 0 Å². The van der Waals surface area contributed by atoms with Crippen LogP contribution in [0.5, 0.6) is 0 Å². The predicted octanol–water partition coefficient (Wildman–Crippen LogP) is 2.37. The largest absolute Gasteiger partial charge is 0.481 e. The van der Waals surface area contributed by atoms with Crippen LogP contribution in [0.2, 0.25) is 0 Å². The normalized spacial score (nSPS) is 16.8. The lowest BCUT2D eigenvalue weighted by atomic mass is 9.89. The van der Waals surface area contributed by atoms with E-state index in [4.69, 9.17) is 5.11 Å². The van der Waals surface area contributed by atoms with Crippen molar-refractivity contribution in [2.24, 2.45) is 0 Å². The van der Waals surface area contributed by atoms with Gasteiger partial charge in [-0.1, -0.05) is 31.2 Å². The molecule has 1 saturated heterocycles. The minimum absolute atomic E-state index is 0. The smallest absolute Gasteiger partial charge is 0.310 e. The Labute approximate surface area is 108 Å². The summed E-state index contributed by atoms with van der Waals surface area (Å²) in [7, 11) is 0. The highest BCUT2D eigenvalue weighted by atomic mass is 35.5. The third-order valence-corrected chi connectivity index (χ3v) is 3.27. The van der Waals surface area contributed by atoms with E-state index in [1.165, 1.54) is 5.56 Å². The van der Waals surface area contributed by atoms with Gasteiger partial charge >= 0.3 is 5.97 Å². The van der Waals surface area contributed by atoms with Gasteiger partial charge in [-0.3, -0.25) is 4.79 Å². The Morgan fingerprint density at radius 2 is 2.24 bits per heavy atom. The van der Waals surface area contributed by atoms with E-state index in [0.29, 0.717) is 12.3 Å². The van der Waals surface area contributed by atoms with Crippen LogP contribution in [-0.2, 0) is 4.79 Å². The SMILES string of the molecule is CCC(C(=O)O)c1cccc(C2CNC2)c1.Cl. The number of aliphatic carboxylic acids is 1. The lowest BCUT2D eigenvalue weighted by molar-refractivity contribution is -0.138. The van der Waals surface area contributed by atoms with Crippen molar-refractivity contribution in [3.8, 4) is 0 Å². The molecule has 1 aliphatic heterocycles. The summed E-state index contributed by atoms with van der Waals surface area (Å²) in [5, 5.41) is 12.3. The molecule has 94 valence electrons. The van der Waals surface area contributed by atoms with Crippen LogP contribution >= 0.6 is 12.4 Å². The number of carboxylic acid groups (broad SMARTS) is 1. The molecule has 1 aliphatic rings. The van der Waals surface area contributed by atoms with Crippen molar-refractivity contribution in [1.82, 2.24) is 5.32 Å². The van der Waals surface area contributed by atoms with E-state index >= 15 is 0 Å². The molecule has 1 atom stereocenters. The summed E-state index contributed by atoms with van der Waals surface area (Å²) in [6.45, 7) is 3.93. The predicted molar refractivity (Wildman–Crippen MR) is 70.0 cm³/mol. The zero-order valence-electron chi connectivity index (χ0n) is 9.85. The average Bonchev–Trinajstić information content (AvgIpc) is 2.16. The summed E-state index contributed by atoms with van der Waals surface area (Å²) in [6.07, 6.45) is 0.641. The Morgan fingerprint density at radius 1 is 1.53 bits per heavy atom. The van der Waals surface area contributed by atoms with Crippen LogP contribution in [0.4, 0.5) is 0 Å². The van der Waals surface area contributed by atoms with Crippen molar-refractivity contribution in [2.45, 2.75) is 25.2 Å². The lowest BCUT2D eigenvalue weighted by Gasteiger charge is -2.28. The molecule has 17 heavy (non-hydrogen) atoms. The maximum absolute atomic E-state index is 11.1. The molecule has 1 aromatic rings. The Hall–Kier alpha value is -1.06. The molecule has 1 aromatic carbocycles. The minimum atomic E-state index is -0.730. The Bertz CT molecular complexity index is 391. The third-order valence-electron chi connectivity index (χ3n) is 3.27. The number of hydrogen-bond acceptors (Lipinski definition) is 2. The van der Waals surface area contributed by atoms with Gasteiger partial charge in [-0.25, -0.2) is 0 Å². The summed E-state index contributed by atoms with van der Waals surface area (Å²) in [5.41, 5.74) is 2.19. The highest BCUT2D eigenvalue weighted by molar-refractivity contribution is 5.85. The molecule has 0 aliphatic carbocycles. The van der Waals surface area contributed by atoms with Crippen molar-refractivity contribution >= 4 is 18.4 Å². The molecule has 4 heteroatoms. The molecule has 0 aromatic heterocycles. The third kappa shape index (κ3) is 2.99. The van der Waals surface area contributed by atoms with E-state index in [-0.39, 0.29) is 18.3 Å². The molecule has 3 nitrogen and oxygen atoms in total. The van der Waals surface area contributed by atoms with E-state index in [1.807, 2.05) is 25.1 Å². The zero-order chi connectivity index (χ0) is 11.5. The first-order chi connectivity index (χ1) is 7.72. The van der Waals surface area contributed by atoms with Crippen LogP contribution in [-0.4, -0.2) is 24.2 Å². The first kappa shape index (κ1) is 14.0. The van der Waals surface area contributed by atoms with Crippen molar-refractivity contribution in [1.29, 1.82) is 0 Å². The van der Waals surface area contributed by atoms with Crippen molar-refractivity contribution in [2.75, 3.05) is 13.1 Å². The van der Waals surface area contributed by atoms with E-state index in [2.05, 4.69) is 11.4 Å². The summed E-state index contributed by atoms with van der Waals surface area (Å²) >= 11 is 0. The number of benzene rings is 1. The fourth-order valence-electron chi connectivity index (χ4n) is 2.11. The standard InChI is InChI=1S/C13H17NO2.ClH/c1-2-12(13(15)16)10-5-3-4-9(6-10)11-7-14-8-11;/h3-6,11-12,14H,2,7-8H2,1H3,(H,15,16);1H. The average molecular weight is 256 g/mol. The molecule has 2 rings (SSSR count). The Balaban J connectivity index is 0.00000144. The fraction of sp³-hybridized carbons (Fsp3) is 0.462. The van der Waals surface area contributed by atoms with Gasteiger partial charge in [0.05, 0.1) is 5.92 Å². The molecular weight excluding hydrogens is 238 g/mol. The molecule has 0 bridgehead atoms. The van der Waals surface area contributed by atoms with Gasteiger partial charge in [0.2, 0.25) is 0 Å².